The molecule has 0 spiro atoms. The van der Waals surface area contributed by atoms with E-state index in [0.717, 1.165) is 16.8 Å². The molecule has 1 heterocycles. The lowest BCUT2D eigenvalue weighted by Gasteiger charge is -2.25. The van der Waals surface area contributed by atoms with Gasteiger partial charge in [0.1, 0.15) is 0 Å². The highest BCUT2D eigenvalue weighted by Gasteiger charge is 2.36. The highest BCUT2D eigenvalue weighted by molar-refractivity contribution is 5.81. The average Bonchev–Trinajstić information content (AvgIpc) is 3.07. The standard InChI is InChI=1S/C28H39N3O2/c1-27(2,3)16-25(32)29-22-18-31(19-23(22)30-26(33)17-28(4,5)6)24-15-11-10-14-21(24)20-12-8-7-9-13-20/h7-15,22-23H,16-19H2,1-6H3,(H,29,32)(H,30,33)/t22-,23-/m1/s1. The van der Waals surface area contributed by atoms with E-state index in [-0.39, 0.29) is 34.7 Å². The normalized spacial score (nSPS) is 18.8. The van der Waals surface area contributed by atoms with Gasteiger partial charge in [-0.3, -0.25) is 9.59 Å². The molecule has 1 aliphatic heterocycles. The Morgan fingerprint density at radius 1 is 0.758 bits per heavy atom. The van der Waals surface area contributed by atoms with Crippen LogP contribution in [0.25, 0.3) is 11.1 Å². The first-order valence-corrected chi connectivity index (χ1v) is 11.9. The number of amides is 2. The maximum absolute atomic E-state index is 12.8. The van der Waals surface area contributed by atoms with Crippen LogP contribution in [-0.4, -0.2) is 37.0 Å². The van der Waals surface area contributed by atoms with Gasteiger partial charge in [-0.25, -0.2) is 0 Å². The lowest BCUT2D eigenvalue weighted by molar-refractivity contribution is -0.126. The van der Waals surface area contributed by atoms with Crippen LogP contribution in [0.4, 0.5) is 5.69 Å². The molecule has 5 heteroatoms. The highest BCUT2D eigenvalue weighted by Crippen LogP contribution is 2.33. The summed E-state index contributed by atoms with van der Waals surface area (Å²) < 4.78 is 0. The minimum Gasteiger partial charge on any atom is -0.367 e. The Hall–Kier alpha value is -2.82. The second-order valence-corrected chi connectivity index (χ2v) is 11.6. The van der Waals surface area contributed by atoms with E-state index in [9.17, 15) is 9.59 Å². The summed E-state index contributed by atoms with van der Waals surface area (Å²) in [5.41, 5.74) is 3.24. The minimum absolute atomic E-state index is 0.0285. The van der Waals surface area contributed by atoms with E-state index in [0.29, 0.717) is 25.9 Å². The first-order chi connectivity index (χ1) is 15.4. The number of anilines is 1. The van der Waals surface area contributed by atoms with Gasteiger partial charge in [0.15, 0.2) is 0 Å². The smallest absolute Gasteiger partial charge is 0.220 e. The zero-order chi connectivity index (χ0) is 24.2. The number of para-hydroxylation sites is 1. The van der Waals surface area contributed by atoms with Gasteiger partial charge in [0.25, 0.3) is 0 Å². The van der Waals surface area contributed by atoms with Crippen LogP contribution in [0.2, 0.25) is 0 Å². The van der Waals surface area contributed by atoms with Crippen LogP contribution in [-0.2, 0) is 9.59 Å². The second kappa shape index (κ2) is 9.98. The predicted molar refractivity (Wildman–Crippen MR) is 136 cm³/mol. The molecule has 2 atom stereocenters. The molecule has 2 amide bonds. The second-order valence-electron chi connectivity index (χ2n) is 11.6. The maximum Gasteiger partial charge on any atom is 0.220 e. The van der Waals surface area contributed by atoms with Crippen molar-refractivity contribution in [1.82, 2.24) is 10.6 Å². The predicted octanol–water partition coefficient (Wildman–Crippen LogP) is 5.02. The van der Waals surface area contributed by atoms with Crippen molar-refractivity contribution in [2.75, 3.05) is 18.0 Å². The lowest BCUT2D eigenvalue weighted by Crippen LogP contribution is -2.51. The van der Waals surface area contributed by atoms with E-state index >= 15 is 0 Å². The first-order valence-electron chi connectivity index (χ1n) is 11.9. The van der Waals surface area contributed by atoms with Gasteiger partial charge in [0, 0.05) is 37.2 Å². The van der Waals surface area contributed by atoms with E-state index in [2.05, 4.69) is 81.3 Å². The zero-order valence-electron chi connectivity index (χ0n) is 20.9. The number of nitrogens with one attached hydrogen (secondary N) is 2. The average molecular weight is 450 g/mol. The van der Waals surface area contributed by atoms with Crippen molar-refractivity contribution in [2.24, 2.45) is 10.8 Å². The summed E-state index contributed by atoms with van der Waals surface area (Å²) in [6.07, 6.45) is 0.902. The van der Waals surface area contributed by atoms with Crippen molar-refractivity contribution in [3.05, 3.63) is 54.6 Å². The largest absolute Gasteiger partial charge is 0.367 e. The van der Waals surface area contributed by atoms with Crippen molar-refractivity contribution in [3.8, 4) is 11.1 Å². The SMILES string of the molecule is CC(C)(C)CC(=O)N[C@@H]1CN(c2ccccc2-c2ccccc2)C[C@H]1NC(=O)CC(C)(C)C. The molecule has 2 aromatic rings. The van der Waals surface area contributed by atoms with Crippen molar-refractivity contribution < 1.29 is 9.59 Å². The molecule has 33 heavy (non-hydrogen) atoms. The first kappa shape index (κ1) is 24.8. The number of hydrogen-bond donors (Lipinski definition) is 2. The van der Waals surface area contributed by atoms with Gasteiger partial charge in [0.2, 0.25) is 11.8 Å². The van der Waals surface area contributed by atoms with Gasteiger partial charge in [0.05, 0.1) is 12.1 Å². The van der Waals surface area contributed by atoms with E-state index in [1.807, 2.05) is 30.3 Å². The van der Waals surface area contributed by atoms with Crippen LogP contribution in [0.1, 0.15) is 54.4 Å². The lowest BCUT2D eigenvalue weighted by atomic mass is 9.91. The molecule has 0 saturated carbocycles. The van der Waals surface area contributed by atoms with Crippen LogP contribution in [0.5, 0.6) is 0 Å². The van der Waals surface area contributed by atoms with Gasteiger partial charge in [-0.2, -0.15) is 0 Å². The Balaban J connectivity index is 1.84. The fraction of sp³-hybridized carbons (Fsp3) is 0.500. The molecule has 0 unspecified atom stereocenters. The van der Waals surface area contributed by atoms with E-state index < -0.39 is 0 Å². The Morgan fingerprint density at radius 2 is 1.21 bits per heavy atom. The molecule has 0 bridgehead atoms. The van der Waals surface area contributed by atoms with Crippen LogP contribution < -0.4 is 15.5 Å². The van der Waals surface area contributed by atoms with Crippen LogP contribution in [0, 0.1) is 10.8 Å². The fourth-order valence-electron chi connectivity index (χ4n) is 4.38. The van der Waals surface area contributed by atoms with Gasteiger partial charge in [-0.1, -0.05) is 90.1 Å². The third-order valence-corrected chi connectivity index (χ3v) is 5.72. The molecule has 1 fully saturated rings. The summed E-state index contributed by atoms with van der Waals surface area (Å²) in [5.74, 6) is 0.0570. The molecule has 0 aromatic heterocycles. The Kier molecular flexibility index (Phi) is 7.51. The molecule has 1 aliphatic rings. The van der Waals surface area contributed by atoms with Gasteiger partial charge in [-0.05, 0) is 22.5 Å². The van der Waals surface area contributed by atoms with E-state index in [1.54, 1.807) is 0 Å². The molecule has 2 N–H and O–H groups in total. The van der Waals surface area contributed by atoms with Crippen molar-refractivity contribution in [1.29, 1.82) is 0 Å². The molecular formula is C28H39N3O2. The zero-order valence-corrected chi connectivity index (χ0v) is 20.9. The highest BCUT2D eigenvalue weighted by atomic mass is 16.2. The van der Waals surface area contributed by atoms with Crippen molar-refractivity contribution in [3.63, 3.8) is 0 Å². The quantitative estimate of drug-likeness (QED) is 0.651. The Morgan fingerprint density at radius 3 is 1.70 bits per heavy atom. The molecule has 3 rings (SSSR count). The van der Waals surface area contributed by atoms with Crippen molar-refractivity contribution in [2.45, 2.75) is 66.5 Å². The number of carbonyl (C=O) groups excluding carboxylic acids is 2. The summed E-state index contributed by atoms with van der Waals surface area (Å²) in [5, 5.41) is 6.43. The van der Waals surface area contributed by atoms with E-state index in [4.69, 9.17) is 0 Å². The number of benzene rings is 2. The molecule has 0 radical (unpaired) electrons. The topological polar surface area (TPSA) is 61.4 Å². The fourth-order valence-corrected chi connectivity index (χ4v) is 4.38. The Labute approximate surface area is 199 Å². The summed E-state index contributed by atoms with van der Waals surface area (Å²) >= 11 is 0. The van der Waals surface area contributed by atoms with Crippen LogP contribution in [0.3, 0.4) is 0 Å². The third kappa shape index (κ3) is 7.34. The summed E-state index contributed by atoms with van der Waals surface area (Å²) in [4.78, 5) is 27.8. The molecule has 178 valence electrons. The molecule has 5 nitrogen and oxygen atoms in total. The van der Waals surface area contributed by atoms with E-state index in [1.165, 1.54) is 0 Å². The number of carbonyl (C=O) groups is 2. The van der Waals surface area contributed by atoms with Gasteiger partial charge < -0.3 is 15.5 Å². The number of hydrogen-bond acceptors (Lipinski definition) is 3. The number of nitrogens with zero attached hydrogens (tertiary/aromatic N) is 1. The number of rotatable bonds is 6. The molecule has 2 aromatic carbocycles. The monoisotopic (exact) mass is 449 g/mol. The maximum atomic E-state index is 12.8. The third-order valence-electron chi connectivity index (χ3n) is 5.72. The molecular weight excluding hydrogens is 410 g/mol. The summed E-state index contributed by atoms with van der Waals surface area (Å²) in [6.45, 7) is 13.7. The van der Waals surface area contributed by atoms with Crippen LogP contribution >= 0.6 is 0 Å². The molecule has 1 saturated heterocycles. The van der Waals surface area contributed by atoms with Crippen LogP contribution in [0.15, 0.2) is 54.6 Å². The minimum atomic E-state index is -0.146. The van der Waals surface area contributed by atoms with Crippen molar-refractivity contribution >= 4 is 17.5 Å². The summed E-state index contributed by atoms with van der Waals surface area (Å²) in [6, 6.07) is 18.4. The molecule has 0 aliphatic carbocycles. The van der Waals surface area contributed by atoms with Gasteiger partial charge in [-0.15, -0.1) is 0 Å². The summed E-state index contributed by atoms with van der Waals surface area (Å²) in [7, 11) is 0. The Bertz CT molecular complexity index is 919. The van der Waals surface area contributed by atoms with Gasteiger partial charge >= 0.3 is 0 Å².